The second-order valence-electron chi connectivity index (χ2n) is 7.37. The molecule has 1 aromatic rings. The van der Waals surface area contributed by atoms with E-state index < -0.39 is 0 Å². The first-order valence-electron chi connectivity index (χ1n) is 9.33. The second-order valence-corrected chi connectivity index (χ2v) is 7.37. The van der Waals surface area contributed by atoms with E-state index in [2.05, 4.69) is 43.9 Å². The van der Waals surface area contributed by atoms with Gasteiger partial charge in [-0.2, -0.15) is 0 Å². The van der Waals surface area contributed by atoms with Crippen molar-refractivity contribution in [3.8, 4) is 5.75 Å². The van der Waals surface area contributed by atoms with Crippen molar-refractivity contribution in [1.29, 1.82) is 0 Å². The fourth-order valence-corrected chi connectivity index (χ4v) is 5.03. The van der Waals surface area contributed by atoms with E-state index >= 15 is 0 Å². The van der Waals surface area contributed by atoms with E-state index in [0.717, 1.165) is 12.8 Å². The Balaban J connectivity index is 1.87. The number of allylic oxidation sites excluding steroid dienone is 1. The summed E-state index contributed by atoms with van der Waals surface area (Å²) in [6.45, 7) is 9.33. The third-order valence-electron chi connectivity index (χ3n) is 6.44. The largest absolute Gasteiger partial charge is 0.508 e. The summed E-state index contributed by atoms with van der Waals surface area (Å²) >= 11 is 0. The second kappa shape index (κ2) is 6.68. The lowest BCUT2D eigenvalue weighted by Crippen LogP contribution is -2.58. The Bertz CT molecular complexity index is 579. The zero-order valence-corrected chi connectivity index (χ0v) is 14.9. The molecule has 3 atom stereocenters. The predicted octanol–water partition coefficient (Wildman–Crippen LogP) is 4.66. The molecule has 0 radical (unpaired) electrons. The van der Waals surface area contributed by atoms with Gasteiger partial charge in [0.25, 0.3) is 0 Å². The van der Waals surface area contributed by atoms with Crippen LogP contribution in [0.25, 0.3) is 0 Å². The van der Waals surface area contributed by atoms with Crippen molar-refractivity contribution in [1.82, 2.24) is 4.90 Å². The number of fused-ring (bicyclic) bond motifs is 4. The van der Waals surface area contributed by atoms with Crippen LogP contribution in [0.1, 0.15) is 57.6 Å². The van der Waals surface area contributed by atoms with Crippen LogP contribution in [0.3, 0.4) is 0 Å². The topological polar surface area (TPSA) is 23.5 Å². The normalized spacial score (nSPS) is 30.6. The van der Waals surface area contributed by atoms with E-state index in [4.69, 9.17) is 0 Å². The number of rotatable bonds is 5. The molecular weight excluding hydrogens is 282 g/mol. The highest BCUT2D eigenvalue weighted by Crippen LogP contribution is 2.51. The van der Waals surface area contributed by atoms with Crippen molar-refractivity contribution in [2.24, 2.45) is 5.92 Å². The fraction of sp³-hybridized carbons (Fsp3) is 0.619. The summed E-state index contributed by atoms with van der Waals surface area (Å²) in [6, 6.07) is 6.72. The number of phenolic OH excluding ortho intramolecular Hbond substituents is 1. The summed E-state index contributed by atoms with van der Waals surface area (Å²) in [4.78, 5) is 2.72. The first-order chi connectivity index (χ1) is 11.1. The number of nitrogens with zero attached hydrogens (tertiary/aromatic N) is 1. The first kappa shape index (κ1) is 16.6. The van der Waals surface area contributed by atoms with Crippen LogP contribution in [-0.4, -0.2) is 29.1 Å². The van der Waals surface area contributed by atoms with E-state index in [1.807, 2.05) is 12.1 Å². The van der Waals surface area contributed by atoms with Crippen molar-refractivity contribution < 1.29 is 5.11 Å². The number of piperidine rings is 1. The Labute approximate surface area is 141 Å². The Morgan fingerprint density at radius 2 is 2.13 bits per heavy atom. The van der Waals surface area contributed by atoms with Crippen LogP contribution < -0.4 is 0 Å². The minimum absolute atomic E-state index is 0.257. The molecular formula is C21H31NO. The molecule has 1 aromatic carbocycles. The molecule has 1 saturated heterocycles. The number of aromatic hydroxyl groups is 1. The molecule has 2 heteroatoms. The van der Waals surface area contributed by atoms with Crippen LogP contribution in [0.5, 0.6) is 5.75 Å². The predicted molar refractivity (Wildman–Crippen MR) is 97.0 cm³/mol. The molecule has 1 aliphatic heterocycles. The van der Waals surface area contributed by atoms with Crippen molar-refractivity contribution >= 4 is 0 Å². The number of hydrogen-bond acceptors (Lipinski definition) is 2. The van der Waals surface area contributed by atoms with Gasteiger partial charge in [-0.1, -0.05) is 39.0 Å². The average molecular weight is 313 g/mol. The van der Waals surface area contributed by atoms with Gasteiger partial charge in [0, 0.05) is 18.0 Å². The third kappa shape index (κ3) is 2.82. The van der Waals surface area contributed by atoms with E-state index in [1.165, 1.54) is 43.5 Å². The molecule has 1 fully saturated rings. The Morgan fingerprint density at radius 1 is 1.30 bits per heavy atom. The van der Waals surface area contributed by atoms with Gasteiger partial charge < -0.3 is 5.11 Å². The Morgan fingerprint density at radius 3 is 2.87 bits per heavy atom. The van der Waals surface area contributed by atoms with Gasteiger partial charge in [0.2, 0.25) is 0 Å². The van der Waals surface area contributed by atoms with Gasteiger partial charge in [-0.25, -0.2) is 0 Å². The van der Waals surface area contributed by atoms with E-state index in [0.29, 0.717) is 17.7 Å². The highest BCUT2D eigenvalue weighted by atomic mass is 16.3. The molecule has 0 amide bonds. The van der Waals surface area contributed by atoms with Crippen molar-refractivity contribution in [2.75, 3.05) is 13.1 Å². The molecule has 23 heavy (non-hydrogen) atoms. The maximum absolute atomic E-state index is 9.98. The molecule has 0 saturated carbocycles. The van der Waals surface area contributed by atoms with E-state index in [9.17, 15) is 5.11 Å². The van der Waals surface area contributed by atoms with Gasteiger partial charge in [0.1, 0.15) is 5.75 Å². The molecule has 3 rings (SSSR count). The smallest absolute Gasteiger partial charge is 0.115 e. The zero-order valence-electron chi connectivity index (χ0n) is 14.9. The van der Waals surface area contributed by atoms with Crippen molar-refractivity contribution in [3.63, 3.8) is 0 Å². The number of phenols is 1. The van der Waals surface area contributed by atoms with Crippen LogP contribution in [0.15, 0.2) is 30.4 Å². The monoisotopic (exact) mass is 313 g/mol. The summed E-state index contributed by atoms with van der Waals surface area (Å²) in [6.07, 6.45) is 10.4. The van der Waals surface area contributed by atoms with Crippen molar-refractivity contribution in [3.05, 3.63) is 41.5 Å². The standard InChI is InChI=1S/C21H31NO/c1-4-6-7-8-12-22-13-11-21(5-2)16(3)20(22)14-17-9-10-18(23)15-19(17)21/h6-7,9-10,15-16,20,23H,4-5,8,11-14H2,1-3H3/b7-6+. The highest BCUT2D eigenvalue weighted by Gasteiger charge is 2.49. The van der Waals surface area contributed by atoms with Crippen LogP contribution >= 0.6 is 0 Å². The van der Waals surface area contributed by atoms with Gasteiger partial charge in [0.15, 0.2) is 0 Å². The van der Waals surface area contributed by atoms with Gasteiger partial charge in [-0.15, -0.1) is 0 Å². The maximum Gasteiger partial charge on any atom is 0.115 e. The number of benzene rings is 1. The fourth-order valence-electron chi connectivity index (χ4n) is 5.03. The molecule has 126 valence electrons. The van der Waals surface area contributed by atoms with Gasteiger partial charge in [-0.3, -0.25) is 4.90 Å². The first-order valence-corrected chi connectivity index (χ1v) is 9.33. The molecule has 1 aliphatic carbocycles. The Kier molecular flexibility index (Phi) is 4.82. The Hall–Kier alpha value is -1.28. The van der Waals surface area contributed by atoms with Crippen LogP contribution in [-0.2, 0) is 11.8 Å². The van der Waals surface area contributed by atoms with Crippen LogP contribution in [0.4, 0.5) is 0 Å². The minimum Gasteiger partial charge on any atom is -0.508 e. The zero-order chi connectivity index (χ0) is 16.4. The lowest BCUT2D eigenvalue weighted by Gasteiger charge is -2.56. The molecule has 1 N–H and O–H groups in total. The minimum atomic E-state index is 0.257. The number of likely N-dealkylation sites (tertiary alicyclic amines) is 1. The van der Waals surface area contributed by atoms with Crippen molar-refractivity contribution in [2.45, 2.75) is 64.3 Å². The summed E-state index contributed by atoms with van der Waals surface area (Å²) in [5.74, 6) is 1.08. The van der Waals surface area contributed by atoms with Crippen LogP contribution in [0, 0.1) is 5.92 Å². The molecule has 2 bridgehead atoms. The molecule has 3 unspecified atom stereocenters. The highest BCUT2D eigenvalue weighted by molar-refractivity contribution is 5.44. The molecule has 0 aromatic heterocycles. The van der Waals surface area contributed by atoms with Crippen LogP contribution in [0.2, 0.25) is 0 Å². The summed E-state index contributed by atoms with van der Waals surface area (Å²) in [5, 5.41) is 9.98. The molecule has 0 spiro atoms. The van der Waals surface area contributed by atoms with Gasteiger partial charge in [-0.05, 0) is 67.8 Å². The third-order valence-corrected chi connectivity index (χ3v) is 6.44. The number of hydrogen-bond donors (Lipinski definition) is 1. The quantitative estimate of drug-likeness (QED) is 0.799. The lowest BCUT2D eigenvalue weighted by atomic mass is 9.57. The van der Waals surface area contributed by atoms with E-state index in [-0.39, 0.29) is 5.41 Å². The average Bonchev–Trinajstić information content (AvgIpc) is 2.55. The van der Waals surface area contributed by atoms with E-state index in [1.54, 1.807) is 0 Å². The van der Waals surface area contributed by atoms with Gasteiger partial charge >= 0.3 is 0 Å². The summed E-state index contributed by atoms with van der Waals surface area (Å²) in [5.41, 5.74) is 3.14. The van der Waals surface area contributed by atoms with Gasteiger partial charge in [0.05, 0.1) is 0 Å². The molecule has 2 nitrogen and oxygen atoms in total. The lowest BCUT2D eigenvalue weighted by molar-refractivity contribution is 0.0219. The summed E-state index contributed by atoms with van der Waals surface area (Å²) in [7, 11) is 0. The SMILES string of the molecule is CC/C=C/CCN1CCC2(CC)c3cc(O)ccc3CC1C2C. The molecule has 2 aliphatic rings. The molecule has 1 heterocycles. The maximum atomic E-state index is 9.98. The summed E-state index contributed by atoms with van der Waals surface area (Å²) < 4.78 is 0.